The van der Waals surface area contributed by atoms with Gasteiger partial charge in [0.1, 0.15) is 18.0 Å². The lowest BCUT2D eigenvalue weighted by molar-refractivity contribution is -0.140. The second-order valence-electron chi connectivity index (χ2n) is 8.91. The molecule has 0 unspecified atom stereocenters. The van der Waals surface area contributed by atoms with E-state index in [1.165, 1.54) is 0 Å². The first-order valence-electron chi connectivity index (χ1n) is 11.7. The van der Waals surface area contributed by atoms with E-state index in [-0.39, 0.29) is 6.04 Å². The van der Waals surface area contributed by atoms with Crippen molar-refractivity contribution in [2.24, 2.45) is 0 Å². The number of hydrogen-bond acceptors (Lipinski definition) is 3. The van der Waals surface area contributed by atoms with Gasteiger partial charge in [-0.15, -0.1) is 0 Å². The van der Waals surface area contributed by atoms with Crippen LogP contribution >= 0.6 is 0 Å². The summed E-state index contributed by atoms with van der Waals surface area (Å²) in [6, 6.07) is 24.2. The van der Waals surface area contributed by atoms with E-state index in [1.54, 1.807) is 28.8 Å². The van der Waals surface area contributed by atoms with Gasteiger partial charge in [-0.1, -0.05) is 42.5 Å². The fourth-order valence-electron chi connectivity index (χ4n) is 4.84. The van der Waals surface area contributed by atoms with Gasteiger partial charge in [0.15, 0.2) is 0 Å². The summed E-state index contributed by atoms with van der Waals surface area (Å²) in [5, 5.41) is 0. The molecule has 4 aromatic rings. The minimum Gasteiger partial charge on any atom is -0.457 e. The van der Waals surface area contributed by atoms with E-state index in [9.17, 15) is 18.0 Å². The zero-order valence-electron chi connectivity index (χ0n) is 19.1. The molecule has 0 N–H and O–H groups in total. The molecule has 0 bridgehead atoms. The summed E-state index contributed by atoms with van der Waals surface area (Å²) in [5.41, 5.74) is 1.42. The number of imidazole rings is 1. The lowest BCUT2D eigenvalue weighted by atomic mass is 10.0. The summed E-state index contributed by atoms with van der Waals surface area (Å²) in [6.07, 6.45) is -3.07. The van der Waals surface area contributed by atoms with Crippen LogP contribution in [-0.2, 0) is 13.1 Å². The van der Waals surface area contributed by atoms with Crippen LogP contribution in [0.15, 0.2) is 83.7 Å². The number of alkyl halides is 3. The molecule has 1 aliphatic heterocycles. The van der Waals surface area contributed by atoms with Crippen molar-refractivity contribution in [3.63, 3.8) is 0 Å². The van der Waals surface area contributed by atoms with E-state index >= 15 is 0 Å². The molecule has 1 fully saturated rings. The number of nitrogens with zero attached hydrogens (tertiary/aromatic N) is 3. The summed E-state index contributed by atoms with van der Waals surface area (Å²) >= 11 is 0. The maximum absolute atomic E-state index is 13.1. The maximum atomic E-state index is 13.1. The summed E-state index contributed by atoms with van der Waals surface area (Å²) in [4.78, 5) is 15.3. The lowest BCUT2D eigenvalue weighted by Crippen LogP contribution is -2.38. The first-order valence-corrected chi connectivity index (χ1v) is 11.7. The van der Waals surface area contributed by atoms with Gasteiger partial charge in [-0.3, -0.25) is 14.0 Å². The number of rotatable bonds is 6. The van der Waals surface area contributed by atoms with Gasteiger partial charge in [-0.05, 0) is 54.8 Å². The summed E-state index contributed by atoms with van der Waals surface area (Å²) < 4.78 is 47.7. The summed E-state index contributed by atoms with van der Waals surface area (Å²) in [5.74, 6) is 1.55. The van der Waals surface area contributed by atoms with Gasteiger partial charge in [0.05, 0.1) is 11.0 Å². The van der Waals surface area contributed by atoms with Crippen LogP contribution in [0.3, 0.4) is 0 Å². The number of benzene rings is 3. The molecule has 1 saturated heterocycles. The highest BCUT2D eigenvalue weighted by Crippen LogP contribution is 2.29. The molecule has 0 aliphatic carbocycles. The quantitative estimate of drug-likeness (QED) is 0.339. The minimum atomic E-state index is -4.46. The Balaban J connectivity index is 1.28. The Morgan fingerprint density at radius 2 is 1.49 bits per heavy atom. The molecule has 3 aromatic carbocycles. The van der Waals surface area contributed by atoms with Gasteiger partial charge in [0, 0.05) is 25.7 Å². The maximum Gasteiger partial charge on any atom is 0.406 e. The molecule has 35 heavy (non-hydrogen) atoms. The monoisotopic (exact) mass is 481 g/mol. The van der Waals surface area contributed by atoms with E-state index in [1.807, 2.05) is 48.5 Å². The number of hydrogen-bond donors (Lipinski definition) is 0. The minimum absolute atomic E-state index is 0.133. The van der Waals surface area contributed by atoms with Crippen LogP contribution in [0.1, 0.15) is 24.4 Å². The van der Waals surface area contributed by atoms with Crippen molar-refractivity contribution < 1.29 is 17.9 Å². The van der Waals surface area contributed by atoms with E-state index in [2.05, 4.69) is 11.0 Å². The summed E-state index contributed by atoms with van der Waals surface area (Å²) in [7, 11) is 0. The van der Waals surface area contributed by atoms with E-state index in [4.69, 9.17) is 4.74 Å². The molecule has 5 nitrogen and oxygen atoms in total. The predicted octanol–water partition coefficient (Wildman–Crippen LogP) is 5.99. The highest BCUT2D eigenvalue weighted by atomic mass is 19.4. The molecule has 0 atom stereocenters. The summed E-state index contributed by atoms with van der Waals surface area (Å²) in [6.45, 7) is 0.961. The Kier molecular flexibility index (Phi) is 6.38. The van der Waals surface area contributed by atoms with Crippen molar-refractivity contribution in [1.29, 1.82) is 0 Å². The molecule has 182 valence electrons. The number of likely N-dealkylation sites (tertiary alicyclic amines) is 1. The largest absolute Gasteiger partial charge is 0.457 e. The molecular weight excluding hydrogens is 455 g/mol. The van der Waals surface area contributed by atoms with Gasteiger partial charge in [-0.25, -0.2) is 4.79 Å². The number of para-hydroxylation sites is 3. The second-order valence-corrected chi connectivity index (χ2v) is 8.91. The van der Waals surface area contributed by atoms with Crippen LogP contribution in [0.4, 0.5) is 13.2 Å². The van der Waals surface area contributed by atoms with Gasteiger partial charge in [0.25, 0.3) is 0 Å². The predicted molar refractivity (Wildman–Crippen MR) is 129 cm³/mol. The second kappa shape index (κ2) is 9.62. The lowest BCUT2D eigenvalue weighted by Gasteiger charge is -2.32. The third-order valence-corrected chi connectivity index (χ3v) is 6.41. The number of ether oxygens (including phenoxy) is 1. The van der Waals surface area contributed by atoms with Crippen LogP contribution in [-0.4, -0.2) is 33.3 Å². The fraction of sp³-hybridized carbons (Fsp3) is 0.296. The molecule has 2 heterocycles. The Bertz CT molecular complexity index is 1350. The van der Waals surface area contributed by atoms with Crippen LogP contribution in [0.5, 0.6) is 11.5 Å². The van der Waals surface area contributed by atoms with Crippen LogP contribution in [0, 0.1) is 0 Å². The standard InChI is InChI=1S/C27H26F3N3O2/c28-27(29,30)19-32-24-11-4-5-12-25(24)33(26(32)34)21-13-15-31(16-14-21)18-20-7-6-10-23(17-20)35-22-8-2-1-3-9-22/h1-12,17,21H,13-16,18-19H2. The zero-order chi connectivity index (χ0) is 24.4. The first-order chi connectivity index (χ1) is 16.9. The topological polar surface area (TPSA) is 39.4 Å². The van der Waals surface area contributed by atoms with Crippen molar-refractivity contribution in [3.05, 3.63) is 94.9 Å². The Labute approximate surface area is 201 Å². The molecule has 5 rings (SSSR count). The Morgan fingerprint density at radius 1 is 0.829 bits per heavy atom. The van der Waals surface area contributed by atoms with Crippen LogP contribution in [0.25, 0.3) is 11.0 Å². The van der Waals surface area contributed by atoms with Gasteiger partial charge >= 0.3 is 11.9 Å². The van der Waals surface area contributed by atoms with Crippen molar-refractivity contribution in [1.82, 2.24) is 14.0 Å². The third-order valence-electron chi connectivity index (χ3n) is 6.41. The van der Waals surface area contributed by atoms with Gasteiger partial charge in [-0.2, -0.15) is 13.2 Å². The average Bonchev–Trinajstić information content (AvgIpc) is 3.11. The Hall–Kier alpha value is -3.52. The van der Waals surface area contributed by atoms with Crippen molar-refractivity contribution in [3.8, 4) is 11.5 Å². The number of halogens is 3. The molecular formula is C27H26F3N3O2. The number of piperidine rings is 1. The van der Waals surface area contributed by atoms with Crippen molar-refractivity contribution in [2.75, 3.05) is 13.1 Å². The smallest absolute Gasteiger partial charge is 0.406 e. The molecule has 0 radical (unpaired) electrons. The number of fused-ring (bicyclic) bond motifs is 1. The first kappa shape index (κ1) is 23.2. The molecule has 8 heteroatoms. The van der Waals surface area contributed by atoms with Crippen LogP contribution in [0.2, 0.25) is 0 Å². The molecule has 1 aromatic heterocycles. The highest BCUT2D eigenvalue weighted by molar-refractivity contribution is 5.76. The molecule has 1 aliphatic rings. The molecule has 0 saturated carbocycles. The van der Waals surface area contributed by atoms with E-state index in [0.29, 0.717) is 23.9 Å². The van der Waals surface area contributed by atoms with E-state index in [0.717, 1.165) is 41.3 Å². The average molecular weight is 482 g/mol. The third kappa shape index (κ3) is 5.27. The SMILES string of the molecule is O=c1n(CC(F)(F)F)c2ccccc2n1C1CCN(Cc2cccc(Oc3ccccc3)c2)CC1. The van der Waals surface area contributed by atoms with Gasteiger partial charge < -0.3 is 4.74 Å². The number of aromatic nitrogens is 2. The highest BCUT2D eigenvalue weighted by Gasteiger charge is 2.32. The fourth-order valence-corrected chi connectivity index (χ4v) is 4.84. The van der Waals surface area contributed by atoms with Crippen LogP contribution < -0.4 is 10.4 Å². The van der Waals surface area contributed by atoms with Crippen molar-refractivity contribution in [2.45, 2.75) is 38.1 Å². The molecule has 0 amide bonds. The van der Waals surface area contributed by atoms with Gasteiger partial charge in [0.2, 0.25) is 0 Å². The molecule has 0 spiro atoms. The zero-order valence-corrected chi connectivity index (χ0v) is 19.1. The Morgan fingerprint density at radius 3 is 2.20 bits per heavy atom. The normalized spacial score (nSPS) is 15.5. The van der Waals surface area contributed by atoms with E-state index < -0.39 is 18.4 Å². The van der Waals surface area contributed by atoms with Crippen molar-refractivity contribution >= 4 is 11.0 Å².